The number of carbonyl (C=O) groups is 1. The van der Waals surface area contributed by atoms with Gasteiger partial charge in [0.1, 0.15) is 0 Å². The van der Waals surface area contributed by atoms with Gasteiger partial charge >= 0.3 is 6.03 Å². The van der Waals surface area contributed by atoms with E-state index in [1.54, 1.807) is 18.0 Å². The number of H-pyrrole nitrogens is 1. The van der Waals surface area contributed by atoms with Crippen molar-refractivity contribution in [2.75, 3.05) is 20.1 Å². The van der Waals surface area contributed by atoms with Gasteiger partial charge in [0.25, 0.3) is 0 Å². The number of benzene rings is 1. The van der Waals surface area contributed by atoms with E-state index in [-0.39, 0.29) is 6.03 Å². The fraction of sp³-hybridized carbons (Fsp3) is 0.278. The molecule has 2 aromatic rings. The van der Waals surface area contributed by atoms with E-state index < -0.39 is 0 Å². The van der Waals surface area contributed by atoms with Gasteiger partial charge in [-0.15, -0.1) is 0 Å². The van der Waals surface area contributed by atoms with Crippen molar-refractivity contribution >= 4 is 11.7 Å². The van der Waals surface area contributed by atoms with Crippen molar-refractivity contribution in [1.82, 2.24) is 20.4 Å². The standard InChI is InChI=1S/C18H22N6O/c1-20-14(7-9-19)11-21-18(25)24-10-8-16-15(12-24)17(23-22-16)13-5-3-2-4-6-13/h2-7,9H,8,10-12,19H2,1H3,(H,21,25)(H,22,23)/b9-7-,20-14?. The van der Waals surface area contributed by atoms with Crippen LogP contribution in [0.2, 0.25) is 0 Å². The van der Waals surface area contributed by atoms with E-state index in [0.29, 0.717) is 19.6 Å². The Labute approximate surface area is 146 Å². The number of nitrogens with zero attached hydrogens (tertiary/aromatic N) is 3. The van der Waals surface area contributed by atoms with Gasteiger partial charge in [-0.05, 0) is 12.3 Å². The second kappa shape index (κ2) is 7.65. The molecule has 0 fully saturated rings. The molecule has 25 heavy (non-hydrogen) atoms. The molecule has 0 unspecified atom stereocenters. The molecule has 0 saturated heterocycles. The predicted molar refractivity (Wildman–Crippen MR) is 98.2 cm³/mol. The average Bonchev–Trinajstić information content (AvgIpc) is 3.08. The Hall–Kier alpha value is -3.09. The Morgan fingerprint density at radius 3 is 2.96 bits per heavy atom. The number of fused-ring (bicyclic) bond motifs is 1. The largest absolute Gasteiger partial charge is 0.405 e. The van der Waals surface area contributed by atoms with Crippen LogP contribution in [0.4, 0.5) is 4.79 Å². The average molecular weight is 338 g/mol. The molecule has 1 aliphatic rings. The molecule has 0 atom stereocenters. The van der Waals surface area contributed by atoms with Gasteiger partial charge in [-0.25, -0.2) is 4.79 Å². The SMILES string of the molecule is CN=C(/C=C\N)CNC(=O)N1CCc2[nH]nc(-c3ccccc3)c2C1. The molecule has 1 aliphatic heterocycles. The Balaban J connectivity index is 1.70. The maximum Gasteiger partial charge on any atom is 0.318 e. The van der Waals surface area contributed by atoms with E-state index in [4.69, 9.17) is 5.73 Å². The van der Waals surface area contributed by atoms with Crippen LogP contribution in [0.1, 0.15) is 11.3 Å². The summed E-state index contributed by atoms with van der Waals surface area (Å²) in [5.41, 5.74) is 10.2. The van der Waals surface area contributed by atoms with E-state index in [2.05, 4.69) is 20.5 Å². The first-order valence-corrected chi connectivity index (χ1v) is 8.21. The molecule has 0 bridgehead atoms. The number of carbonyl (C=O) groups excluding carboxylic acids is 1. The normalized spacial score (nSPS) is 14.6. The Kier molecular flexibility index (Phi) is 5.13. The van der Waals surface area contributed by atoms with Gasteiger partial charge < -0.3 is 16.0 Å². The van der Waals surface area contributed by atoms with Crippen molar-refractivity contribution < 1.29 is 4.79 Å². The van der Waals surface area contributed by atoms with Crippen LogP contribution in [0.25, 0.3) is 11.3 Å². The summed E-state index contributed by atoms with van der Waals surface area (Å²) in [5, 5.41) is 10.4. The van der Waals surface area contributed by atoms with E-state index >= 15 is 0 Å². The molecule has 3 rings (SSSR count). The fourth-order valence-electron chi connectivity index (χ4n) is 2.90. The van der Waals surface area contributed by atoms with Gasteiger partial charge in [0, 0.05) is 36.8 Å². The van der Waals surface area contributed by atoms with Crippen molar-refractivity contribution in [3.05, 3.63) is 53.9 Å². The van der Waals surface area contributed by atoms with Crippen LogP contribution in [0.3, 0.4) is 0 Å². The molecule has 1 aromatic heterocycles. The topological polar surface area (TPSA) is 99.4 Å². The van der Waals surface area contributed by atoms with Gasteiger partial charge in [-0.3, -0.25) is 10.1 Å². The van der Waals surface area contributed by atoms with E-state index in [1.807, 2.05) is 30.3 Å². The van der Waals surface area contributed by atoms with E-state index in [9.17, 15) is 4.79 Å². The first-order chi connectivity index (χ1) is 12.2. The number of urea groups is 1. The predicted octanol–water partition coefficient (Wildman–Crippen LogP) is 1.69. The van der Waals surface area contributed by atoms with Crippen LogP contribution in [0.5, 0.6) is 0 Å². The quantitative estimate of drug-likeness (QED) is 0.740. The molecule has 4 N–H and O–H groups in total. The summed E-state index contributed by atoms with van der Waals surface area (Å²) in [4.78, 5) is 18.3. The lowest BCUT2D eigenvalue weighted by atomic mass is 10.0. The van der Waals surface area contributed by atoms with Crippen LogP contribution < -0.4 is 11.1 Å². The summed E-state index contributed by atoms with van der Waals surface area (Å²) < 4.78 is 0. The first kappa shape index (κ1) is 16.8. The van der Waals surface area contributed by atoms with Crippen LogP contribution in [-0.2, 0) is 13.0 Å². The van der Waals surface area contributed by atoms with E-state index in [1.165, 1.54) is 6.20 Å². The smallest absolute Gasteiger partial charge is 0.318 e. The molecule has 0 saturated carbocycles. The van der Waals surface area contributed by atoms with Gasteiger partial charge in [-0.1, -0.05) is 30.3 Å². The second-order valence-electron chi connectivity index (χ2n) is 5.80. The number of aliphatic imine (C=N–C) groups is 1. The number of aromatic nitrogens is 2. The van der Waals surface area contributed by atoms with Crippen molar-refractivity contribution in [3.63, 3.8) is 0 Å². The summed E-state index contributed by atoms with van der Waals surface area (Å²) in [6, 6.07) is 9.89. The number of hydrogen-bond donors (Lipinski definition) is 3. The van der Waals surface area contributed by atoms with Gasteiger partial charge in [-0.2, -0.15) is 5.10 Å². The number of amides is 2. The molecule has 7 nitrogen and oxygen atoms in total. The number of rotatable bonds is 4. The van der Waals surface area contributed by atoms with Crippen LogP contribution in [0, 0.1) is 0 Å². The highest BCUT2D eigenvalue weighted by atomic mass is 16.2. The molecule has 130 valence electrons. The zero-order valence-electron chi connectivity index (χ0n) is 14.2. The highest BCUT2D eigenvalue weighted by molar-refractivity contribution is 5.98. The number of nitrogens with two attached hydrogens (primary N) is 1. The van der Waals surface area contributed by atoms with Gasteiger partial charge in [0.15, 0.2) is 0 Å². The van der Waals surface area contributed by atoms with Crippen LogP contribution in [0.15, 0.2) is 47.6 Å². The minimum absolute atomic E-state index is 0.113. The minimum atomic E-state index is -0.113. The van der Waals surface area contributed by atoms with Gasteiger partial charge in [0.05, 0.1) is 24.5 Å². The Bertz CT molecular complexity index is 793. The highest BCUT2D eigenvalue weighted by Crippen LogP contribution is 2.28. The molecule has 7 heteroatoms. The third-order valence-corrected chi connectivity index (χ3v) is 4.26. The van der Waals surface area contributed by atoms with Crippen molar-refractivity contribution in [2.45, 2.75) is 13.0 Å². The summed E-state index contributed by atoms with van der Waals surface area (Å²) in [6.45, 7) is 1.54. The third-order valence-electron chi connectivity index (χ3n) is 4.26. The molecule has 0 spiro atoms. The van der Waals surface area contributed by atoms with E-state index in [0.717, 1.165) is 34.6 Å². The summed E-state index contributed by atoms with van der Waals surface area (Å²) in [5.74, 6) is 0. The fourth-order valence-corrected chi connectivity index (χ4v) is 2.90. The maximum absolute atomic E-state index is 12.5. The number of aromatic amines is 1. The van der Waals surface area contributed by atoms with Crippen LogP contribution in [-0.4, -0.2) is 47.0 Å². The molecular weight excluding hydrogens is 316 g/mol. The molecule has 1 aromatic carbocycles. The molecule has 0 aliphatic carbocycles. The lowest BCUT2D eigenvalue weighted by Gasteiger charge is -2.27. The number of nitrogens with one attached hydrogen (secondary N) is 2. The van der Waals surface area contributed by atoms with Crippen molar-refractivity contribution in [1.29, 1.82) is 0 Å². The molecule has 0 radical (unpaired) electrons. The van der Waals surface area contributed by atoms with Crippen molar-refractivity contribution in [3.8, 4) is 11.3 Å². The zero-order chi connectivity index (χ0) is 17.6. The second-order valence-corrected chi connectivity index (χ2v) is 5.80. The Morgan fingerprint density at radius 1 is 1.44 bits per heavy atom. The first-order valence-electron chi connectivity index (χ1n) is 8.21. The summed E-state index contributed by atoms with van der Waals surface area (Å²) in [7, 11) is 1.67. The van der Waals surface area contributed by atoms with Crippen molar-refractivity contribution in [2.24, 2.45) is 10.7 Å². The summed E-state index contributed by atoms with van der Waals surface area (Å²) >= 11 is 0. The maximum atomic E-state index is 12.5. The Morgan fingerprint density at radius 2 is 2.24 bits per heavy atom. The molecule has 2 heterocycles. The van der Waals surface area contributed by atoms with Gasteiger partial charge in [0.2, 0.25) is 0 Å². The molecule has 2 amide bonds. The highest BCUT2D eigenvalue weighted by Gasteiger charge is 2.25. The third kappa shape index (κ3) is 3.71. The number of hydrogen-bond acceptors (Lipinski definition) is 4. The minimum Gasteiger partial charge on any atom is -0.405 e. The van der Waals surface area contributed by atoms with Crippen LogP contribution >= 0.6 is 0 Å². The lowest BCUT2D eigenvalue weighted by Crippen LogP contribution is -2.44. The summed E-state index contributed by atoms with van der Waals surface area (Å²) in [6.07, 6.45) is 3.86. The lowest BCUT2D eigenvalue weighted by molar-refractivity contribution is 0.194. The molecular formula is C18H22N6O. The monoisotopic (exact) mass is 338 g/mol. The zero-order valence-corrected chi connectivity index (χ0v) is 14.2.